The van der Waals surface area contributed by atoms with Gasteiger partial charge in [-0.15, -0.1) is 31.7 Å². The molecule has 0 bridgehead atoms. The summed E-state index contributed by atoms with van der Waals surface area (Å²) in [5.41, 5.74) is 3.24. The third-order valence-corrected chi connectivity index (χ3v) is 5.45. The Balaban J connectivity index is 1.50. The molecule has 3 aromatic heterocycles. The number of nitrogens with zero attached hydrogens (tertiary/aromatic N) is 4. The van der Waals surface area contributed by atoms with Crippen molar-refractivity contribution in [3.63, 3.8) is 0 Å². The van der Waals surface area contributed by atoms with E-state index in [4.69, 9.17) is 8.83 Å². The van der Waals surface area contributed by atoms with Crippen LogP contribution < -0.4 is 0 Å². The Hall–Kier alpha value is -2.45. The molecule has 0 unspecified atom stereocenters. The van der Waals surface area contributed by atoms with Crippen molar-refractivity contribution in [1.29, 1.82) is 0 Å². The van der Waals surface area contributed by atoms with Crippen LogP contribution in [0.1, 0.15) is 29.2 Å². The molecule has 0 N–H and O–H groups in total. The molecular formula is C18H16N4O2S2. The van der Waals surface area contributed by atoms with Crippen molar-refractivity contribution in [2.24, 2.45) is 0 Å². The molecule has 4 rings (SSSR count). The van der Waals surface area contributed by atoms with E-state index in [1.807, 2.05) is 50.4 Å². The van der Waals surface area contributed by atoms with Gasteiger partial charge in [0, 0.05) is 5.56 Å². The summed E-state index contributed by atoms with van der Waals surface area (Å²) in [5, 5.41) is 18.9. The lowest BCUT2D eigenvalue weighted by molar-refractivity contribution is 0.461. The SMILES string of the molecule is Cc1cc(C)cc(-c2nnc(S[C@@H](C)c3nnc(-c4cccs4)o3)o2)c1. The standard InChI is InChI=1S/C18H16N4O2S2/c1-10-7-11(2)9-13(8-10)16-20-22-18(24-16)26-12(3)15-19-21-17(23-15)14-5-4-6-25-14/h4-9,12H,1-3H3/t12-/m0/s1. The van der Waals surface area contributed by atoms with Gasteiger partial charge < -0.3 is 8.83 Å². The fourth-order valence-corrected chi connectivity index (χ4v) is 3.93. The molecule has 0 aliphatic rings. The monoisotopic (exact) mass is 384 g/mol. The average Bonchev–Trinajstić information content (AvgIpc) is 3.34. The highest BCUT2D eigenvalue weighted by atomic mass is 32.2. The lowest BCUT2D eigenvalue weighted by Crippen LogP contribution is -1.88. The molecule has 1 aromatic carbocycles. The summed E-state index contributed by atoms with van der Waals surface area (Å²) < 4.78 is 11.6. The van der Waals surface area contributed by atoms with Crippen LogP contribution in [0.25, 0.3) is 22.2 Å². The van der Waals surface area contributed by atoms with E-state index in [1.165, 1.54) is 11.8 Å². The molecule has 6 nitrogen and oxygen atoms in total. The zero-order valence-electron chi connectivity index (χ0n) is 14.5. The van der Waals surface area contributed by atoms with E-state index < -0.39 is 0 Å². The minimum absolute atomic E-state index is 0.0937. The highest BCUT2D eigenvalue weighted by molar-refractivity contribution is 7.99. The van der Waals surface area contributed by atoms with Crippen LogP contribution in [0.5, 0.6) is 0 Å². The van der Waals surface area contributed by atoms with Crippen molar-refractivity contribution >= 4 is 23.1 Å². The number of aryl methyl sites for hydroxylation is 2. The fraction of sp³-hybridized carbons (Fsp3) is 0.222. The number of benzene rings is 1. The fourth-order valence-electron chi connectivity index (χ4n) is 2.57. The molecule has 26 heavy (non-hydrogen) atoms. The molecule has 0 saturated heterocycles. The van der Waals surface area contributed by atoms with Gasteiger partial charge in [0.05, 0.1) is 10.1 Å². The summed E-state index contributed by atoms with van der Waals surface area (Å²) >= 11 is 2.96. The minimum Gasteiger partial charge on any atom is -0.419 e. The predicted octanol–water partition coefficient (Wildman–Crippen LogP) is 5.32. The molecule has 0 aliphatic heterocycles. The highest BCUT2D eigenvalue weighted by Crippen LogP contribution is 2.36. The van der Waals surface area contributed by atoms with Crippen molar-refractivity contribution in [3.05, 3.63) is 52.7 Å². The van der Waals surface area contributed by atoms with Crippen LogP contribution in [-0.2, 0) is 0 Å². The third kappa shape index (κ3) is 3.56. The van der Waals surface area contributed by atoms with Gasteiger partial charge in [-0.05, 0) is 44.4 Å². The average molecular weight is 384 g/mol. The van der Waals surface area contributed by atoms with E-state index in [1.54, 1.807) is 11.3 Å². The molecule has 0 radical (unpaired) electrons. The largest absolute Gasteiger partial charge is 0.419 e. The van der Waals surface area contributed by atoms with E-state index in [-0.39, 0.29) is 5.25 Å². The van der Waals surface area contributed by atoms with Crippen LogP contribution in [0, 0.1) is 13.8 Å². The summed E-state index contributed by atoms with van der Waals surface area (Å²) in [6.07, 6.45) is 0. The molecule has 132 valence electrons. The Labute approximate surface area is 158 Å². The first-order valence-electron chi connectivity index (χ1n) is 8.04. The van der Waals surface area contributed by atoms with Gasteiger partial charge in [-0.2, -0.15) is 0 Å². The molecule has 1 atom stereocenters. The van der Waals surface area contributed by atoms with Crippen LogP contribution in [0.4, 0.5) is 0 Å². The van der Waals surface area contributed by atoms with E-state index in [9.17, 15) is 0 Å². The molecule has 0 saturated carbocycles. The van der Waals surface area contributed by atoms with Gasteiger partial charge in [0.2, 0.25) is 11.8 Å². The van der Waals surface area contributed by atoms with Crippen LogP contribution >= 0.6 is 23.1 Å². The van der Waals surface area contributed by atoms with Gasteiger partial charge in [-0.3, -0.25) is 0 Å². The van der Waals surface area contributed by atoms with Gasteiger partial charge in [0.25, 0.3) is 11.1 Å². The number of thioether (sulfide) groups is 1. The van der Waals surface area contributed by atoms with Crippen LogP contribution in [0.15, 0.2) is 49.8 Å². The lowest BCUT2D eigenvalue weighted by atomic mass is 10.1. The molecule has 8 heteroatoms. The first kappa shape index (κ1) is 17.0. The second-order valence-corrected chi connectivity index (χ2v) is 8.17. The van der Waals surface area contributed by atoms with Crippen LogP contribution in [-0.4, -0.2) is 20.4 Å². The normalized spacial score (nSPS) is 12.4. The number of thiophene rings is 1. The maximum absolute atomic E-state index is 5.80. The van der Waals surface area contributed by atoms with Crippen LogP contribution in [0.3, 0.4) is 0 Å². The molecule has 0 aliphatic carbocycles. The topological polar surface area (TPSA) is 77.8 Å². The Morgan fingerprint density at radius 1 is 0.962 bits per heavy atom. The van der Waals surface area contributed by atoms with E-state index >= 15 is 0 Å². The van der Waals surface area contributed by atoms with Gasteiger partial charge in [0.1, 0.15) is 0 Å². The van der Waals surface area contributed by atoms with Crippen molar-refractivity contribution in [2.45, 2.75) is 31.2 Å². The van der Waals surface area contributed by atoms with Crippen molar-refractivity contribution in [2.75, 3.05) is 0 Å². The number of aromatic nitrogens is 4. The van der Waals surface area contributed by atoms with E-state index in [0.29, 0.717) is 22.9 Å². The molecular weight excluding hydrogens is 368 g/mol. The zero-order valence-corrected chi connectivity index (χ0v) is 16.1. The van der Waals surface area contributed by atoms with Crippen molar-refractivity contribution in [3.8, 4) is 22.2 Å². The zero-order chi connectivity index (χ0) is 18.1. The summed E-state index contributed by atoms with van der Waals surface area (Å²) in [4.78, 5) is 0.954. The Morgan fingerprint density at radius 3 is 2.46 bits per heavy atom. The van der Waals surface area contributed by atoms with Gasteiger partial charge in [-0.25, -0.2) is 0 Å². The number of rotatable bonds is 5. The summed E-state index contributed by atoms with van der Waals surface area (Å²) in [7, 11) is 0. The maximum atomic E-state index is 5.80. The molecule has 4 aromatic rings. The van der Waals surface area contributed by atoms with Crippen LogP contribution in [0.2, 0.25) is 0 Å². The molecule has 0 fully saturated rings. The van der Waals surface area contributed by atoms with Gasteiger partial charge >= 0.3 is 0 Å². The Bertz CT molecular complexity index is 1000. The summed E-state index contributed by atoms with van der Waals surface area (Å²) in [5.74, 6) is 1.57. The van der Waals surface area contributed by atoms with Crippen molar-refractivity contribution in [1.82, 2.24) is 20.4 Å². The molecule has 0 amide bonds. The summed E-state index contributed by atoms with van der Waals surface area (Å²) in [6, 6.07) is 10.1. The van der Waals surface area contributed by atoms with Crippen molar-refractivity contribution < 1.29 is 8.83 Å². The highest BCUT2D eigenvalue weighted by Gasteiger charge is 2.20. The van der Waals surface area contributed by atoms with Gasteiger partial charge in [0.15, 0.2) is 0 Å². The first-order valence-corrected chi connectivity index (χ1v) is 9.80. The second kappa shape index (κ2) is 7.05. The first-order chi connectivity index (χ1) is 12.6. The molecule has 0 spiro atoms. The quantitative estimate of drug-likeness (QED) is 0.431. The Morgan fingerprint density at radius 2 is 1.73 bits per heavy atom. The smallest absolute Gasteiger partial charge is 0.277 e. The number of hydrogen-bond acceptors (Lipinski definition) is 8. The summed E-state index contributed by atoms with van der Waals surface area (Å²) in [6.45, 7) is 6.06. The Kier molecular flexibility index (Phi) is 4.60. The maximum Gasteiger partial charge on any atom is 0.277 e. The van der Waals surface area contributed by atoms with Gasteiger partial charge in [-0.1, -0.05) is 35.0 Å². The number of hydrogen-bond donors (Lipinski definition) is 0. The lowest BCUT2D eigenvalue weighted by Gasteiger charge is -2.02. The second-order valence-electron chi connectivity index (χ2n) is 5.93. The van der Waals surface area contributed by atoms with E-state index in [2.05, 4.69) is 26.5 Å². The molecule has 3 heterocycles. The third-order valence-electron chi connectivity index (χ3n) is 3.67. The predicted molar refractivity (Wildman–Crippen MR) is 101 cm³/mol. The van der Waals surface area contributed by atoms with E-state index in [0.717, 1.165) is 21.6 Å². The minimum atomic E-state index is -0.0937.